The van der Waals surface area contributed by atoms with Gasteiger partial charge in [-0.1, -0.05) is 18.2 Å². The van der Waals surface area contributed by atoms with E-state index < -0.39 is 0 Å². The van der Waals surface area contributed by atoms with Gasteiger partial charge in [-0.25, -0.2) is 4.39 Å². The van der Waals surface area contributed by atoms with Crippen LogP contribution in [0.2, 0.25) is 0 Å². The molecule has 0 fully saturated rings. The summed E-state index contributed by atoms with van der Waals surface area (Å²) in [5.41, 5.74) is 0.807. The summed E-state index contributed by atoms with van der Waals surface area (Å²) in [6.07, 6.45) is 2.77. The number of hydrogen-bond donors (Lipinski definition) is 0. The van der Waals surface area contributed by atoms with Crippen molar-refractivity contribution in [3.63, 3.8) is 0 Å². The maximum atomic E-state index is 13.5. The van der Waals surface area contributed by atoms with E-state index >= 15 is 0 Å². The van der Waals surface area contributed by atoms with Crippen LogP contribution in [0.15, 0.2) is 54.6 Å². The maximum absolute atomic E-state index is 13.5. The molecule has 0 aliphatic heterocycles. The van der Waals surface area contributed by atoms with Crippen molar-refractivity contribution in [3.8, 4) is 5.75 Å². The minimum Gasteiger partial charge on any atom is -0.484 e. The van der Waals surface area contributed by atoms with E-state index in [0.717, 1.165) is 0 Å². The molecule has 24 heavy (non-hydrogen) atoms. The third-order valence-corrected chi connectivity index (χ3v) is 3.32. The fourth-order valence-electron chi connectivity index (χ4n) is 1.86. The number of halogens is 1. The second-order valence-electron chi connectivity index (χ2n) is 5.32. The lowest BCUT2D eigenvalue weighted by Gasteiger charge is -2.11. The molecule has 0 spiro atoms. The molecule has 5 heteroatoms. The molecule has 0 aliphatic rings. The lowest BCUT2D eigenvalue weighted by Crippen LogP contribution is -2.27. The Kier molecular flexibility index (Phi) is 5.84. The molecule has 0 saturated carbocycles. The quantitative estimate of drug-likeness (QED) is 0.605. The topological polar surface area (TPSA) is 46.6 Å². The average molecular weight is 327 g/mol. The molecule has 0 aromatic heterocycles. The molecule has 2 aromatic rings. The van der Waals surface area contributed by atoms with Crippen LogP contribution >= 0.6 is 0 Å². The first-order chi connectivity index (χ1) is 11.5. The number of ether oxygens (including phenoxy) is 1. The van der Waals surface area contributed by atoms with Crippen LogP contribution in [0.25, 0.3) is 6.08 Å². The standard InChI is InChI=1S/C19H18FNO3/c1-21(2)19(23)13-24-16-10-7-15(8-11-16)18(22)12-9-14-5-3-4-6-17(14)20/h3-12H,13H2,1-2H3/b12-9+. The minimum atomic E-state index is -0.379. The molecule has 2 aromatic carbocycles. The van der Waals surface area contributed by atoms with E-state index in [1.54, 1.807) is 56.6 Å². The van der Waals surface area contributed by atoms with Gasteiger partial charge in [0.2, 0.25) is 0 Å². The van der Waals surface area contributed by atoms with Crippen LogP contribution in [-0.4, -0.2) is 37.3 Å². The second-order valence-corrected chi connectivity index (χ2v) is 5.32. The van der Waals surface area contributed by atoms with Gasteiger partial charge < -0.3 is 9.64 Å². The molecule has 0 unspecified atom stereocenters. The summed E-state index contributed by atoms with van der Waals surface area (Å²) in [7, 11) is 3.30. The molecule has 2 rings (SSSR count). The molecule has 0 saturated heterocycles. The average Bonchev–Trinajstić information content (AvgIpc) is 2.59. The van der Waals surface area contributed by atoms with Gasteiger partial charge in [0.05, 0.1) is 0 Å². The van der Waals surface area contributed by atoms with Crippen LogP contribution < -0.4 is 4.74 Å². The molecular weight excluding hydrogens is 309 g/mol. The fraction of sp³-hybridized carbons (Fsp3) is 0.158. The SMILES string of the molecule is CN(C)C(=O)COc1ccc(C(=O)/C=C/c2ccccc2F)cc1. The number of carbonyl (C=O) groups is 2. The monoisotopic (exact) mass is 327 g/mol. The number of benzene rings is 2. The molecule has 4 nitrogen and oxygen atoms in total. The zero-order valence-electron chi connectivity index (χ0n) is 13.5. The van der Waals surface area contributed by atoms with Gasteiger partial charge in [-0.05, 0) is 42.5 Å². The van der Waals surface area contributed by atoms with Gasteiger partial charge in [-0.2, -0.15) is 0 Å². The molecule has 0 radical (unpaired) electrons. The van der Waals surface area contributed by atoms with E-state index in [1.165, 1.54) is 23.1 Å². The van der Waals surface area contributed by atoms with Crippen molar-refractivity contribution in [2.45, 2.75) is 0 Å². The number of likely N-dealkylation sites (N-methyl/N-ethyl adjacent to an activating group) is 1. The highest BCUT2D eigenvalue weighted by Gasteiger charge is 2.06. The molecule has 0 bridgehead atoms. The smallest absolute Gasteiger partial charge is 0.259 e. The molecule has 124 valence electrons. The zero-order valence-corrected chi connectivity index (χ0v) is 13.5. The first-order valence-corrected chi connectivity index (χ1v) is 7.37. The van der Waals surface area contributed by atoms with Crippen molar-refractivity contribution in [1.29, 1.82) is 0 Å². The van der Waals surface area contributed by atoms with Crippen LogP contribution in [-0.2, 0) is 4.79 Å². The van der Waals surface area contributed by atoms with E-state index in [9.17, 15) is 14.0 Å². The molecular formula is C19H18FNO3. The highest BCUT2D eigenvalue weighted by atomic mass is 19.1. The first kappa shape index (κ1) is 17.4. The molecule has 1 amide bonds. The Morgan fingerprint density at radius 3 is 2.38 bits per heavy atom. The number of carbonyl (C=O) groups excluding carboxylic acids is 2. The number of ketones is 1. The number of allylic oxidation sites excluding steroid dienone is 1. The minimum absolute atomic E-state index is 0.0620. The van der Waals surface area contributed by atoms with Crippen LogP contribution in [0.3, 0.4) is 0 Å². The molecule has 0 N–H and O–H groups in total. The van der Waals surface area contributed by atoms with Crippen LogP contribution in [0.1, 0.15) is 15.9 Å². The van der Waals surface area contributed by atoms with Gasteiger partial charge in [0, 0.05) is 25.2 Å². The lowest BCUT2D eigenvalue weighted by atomic mass is 10.1. The fourth-order valence-corrected chi connectivity index (χ4v) is 1.86. The Hall–Kier alpha value is -2.95. The Morgan fingerprint density at radius 2 is 1.75 bits per heavy atom. The molecule has 0 atom stereocenters. The lowest BCUT2D eigenvalue weighted by molar-refractivity contribution is -0.130. The Balaban J connectivity index is 1.98. The first-order valence-electron chi connectivity index (χ1n) is 7.37. The molecule has 0 heterocycles. The second kappa shape index (κ2) is 8.06. The van der Waals surface area contributed by atoms with Crippen LogP contribution in [0.5, 0.6) is 5.75 Å². The third kappa shape index (κ3) is 4.78. The summed E-state index contributed by atoms with van der Waals surface area (Å²) < 4.78 is 18.8. The number of hydrogen-bond acceptors (Lipinski definition) is 3. The van der Waals surface area contributed by atoms with Crippen molar-refractivity contribution >= 4 is 17.8 Å². The van der Waals surface area contributed by atoms with Crippen LogP contribution in [0.4, 0.5) is 4.39 Å². The third-order valence-electron chi connectivity index (χ3n) is 3.32. The van der Waals surface area contributed by atoms with Gasteiger partial charge in [-0.3, -0.25) is 9.59 Å². The van der Waals surface area contributed by atoms with E-state index in [4.69, 9.17) is 4.74 Å². The van der Waals surface area contributed by atoms with E-state index in [0.29, 0.717) is 16.9 Å². The summed E-state index contributed by atoms with van der Waals surface area (Å²) in [6, 6.07) is 12.7. The van der Waals surface area contributed by atoms with Gasteiger partial charge in [0.15, 0.2) is 12.4 Å². The Labute approximate surface area is 140 Å². The normalized spacial score (nSPS) is 10.6. The molecule has 0 aliphatic carbocycles. The summed E-state index contributed by atoms with van der Waals surface area (Å²) in [5.74, 6) is -0.271. The zero-order chi connectivity index (χ0) is 17.5. The van der Waals surface area contributed by atoms with Gasteiger partial charge >= 0.3 is 0 Å². The Morgan fingerprint density at radius 1 is 1.08 bits per heavy atom. The summed E-state index contributed by atoms with van der Waals surface area (Å²) in [6.45, 7) is -0.0620. The summed E-state index contributed by atoms with van der Waals surface area (Å²) in [5, 5.41) is 0. The summed E-state index contributed by atoms with van der Waals surface area (Å²) in [4.78, 5) is 25.0. The number of amides is 1. The van der Waals surface area contributed by atoms with Crippen molar-refractivity contribution in [1.82, 2.24) is 4.90 Å². The van der Waals surface area contributed by atoms with E-state index in [1.807, 2.05) is 0 Å². The predicted octanol–water partition coefficient (Wildman–Crippen LogP) is 3.19. The number of rotatable bonds is 6. The van der Waals surface area contributed by atoms with E-state index in [-0.39, 0.29) is 24.1 Å². The Bertz CT molecular complexity index is 751. The van der Waals surface area contributed by atoms with Crippen molar-refractivity contribution in [3.05, 3.63) is 71.6 Å². The highest BCUT2D eigenvalue weighted by molar-refractivity contribution is 6.06. The van der Waals surface area contributed by atoms with Crippen molar-refractivity contribution in [2.75, 3.05) is 20.7 Å². The maximum Gasteiger partial charge on any atom is 0.259 e. The van der Waals surface area contributed by atoms with Crippen LogP contribution in [0, 0.1) is 5.82 Å². The van der Waals surface area contributed by atoms with Gasteiger partial charge in [-0.15, -0.1) is 0 Å². The van der Waals surface area contributed by atoms with Gasteiger partial charge in [0.25, 0.3) is 5.91 Å². The van der Waals surface area contributed by atoms with Crippen molar-refractivity contribution in [2.24, 2.45) is 0 Å². The largest absolute Gasteiger partial charge is 0.484 e. The predicted molar refractivity (Wildman–Crippen MR) is 90.4 cm³/mol. The van der Waals surface area contributed by atoms with Gasteiger partial charge in [0.1, 0.15) is 11.6 Å². The highest BCUT2D eigenvalue weighted by Crippen LogP contribution is 2.14. The van der Waals surface area contributed by atoms with Crippen molar-refractivity contribution < 1.29 is 18.7 Å². The van der Waals surface area contributed by atoms with E-state index in [2.05, 4.69) is 0 Å². The summed E-state index contributed by atoms with van der Waals surface area (Å²) >= 11 is 0. The number of nitrogens with zero attached hydrogens (tertiary/aromatic N) is 1.